The van der Waals surface area contributed by atoms with Crippen LogP contribution in [0.25, 0.3) is 0 Å². The molecule has 0 radical (unpaired) electrons. The minimum Gasteiger partial charge on any atom is -0.465 e. The van der Waals surface area contributed by atoms with E-state index in [1.165, 1.54) is 13.2 Å². The third-order valence-electron chi connectivity index (χ3n) is 4.10. The van der Waals surface area contributed by atoms with Gasteiger partial charge in [-0.1, -0.05) is 0 Å². The van der Waals surface area contributed by atoms with Crippen LogP contribution in [0.3, 0.4) is 0 Å². The molecule has 11 heteroatoms. The quantitative estimate of drug-likeness (QED) is 0.683. The smallest absolute Gasteiger partial charge is 0.425 e. The van der Waals surface area contributed by atoms with Gasteiger partial charge in [0.15, 0.2) is 6.10 Å². The van der Waals surface area contributed by atoms with Gasteiger partial charge in [-0.15, -0.1) is 0 Å². The van der Waals surface area contributed by atoms with E-state index in [-0.39, 0.29) is 37.4 Å². The van der Waals surface area contributed by atoms with Crippen molar-refractivity contribution in [3.63, 3.8) is 0 Å². The maximum Gasteiger partial charge on any atom is 0.425 e. The predicted octanol–water partition coefficient (Wildman–Crippen LogP) is 3.05. The standard InChI is InChI=1S/C16H20F5N3O3/c1-9(16(19,20)21)27-14-4-11(22-8-23-14)12(7-26-2)24-13(25)3-10-5-15(17,18)6-10/h4,8-10,12H,3,5-7H2,1-2H3,(H,24,25)/t9-,12?/m1/s1. The number of nitrogens with zero attached hydrogens (tertiary/aromatic N) is 2. The molecule has 1 heterocycles. The highest BCUT2D eigenvalue weighted by molar-refractivity contribution is 5.76. The maximum absolute atomic E-state index is 12.9. The molecule has 1 aromatic heterocycles. The topological polar surface area (TPSA) is 73.3 Å². The number of aromatic nitrogens is 2. The molecule has 0 aliphatic heterocycles. The van der Waals surface area contributed by atoms with Crippen molar-refractivity contribution < 1.29 is 36.2 Å². The number of nitrogens with one attached hydrogen (secondary N) is 1. The number of carbonyl (C=O) groups excluding carboxylic acids is 1. The van der Waals surface area contributed by atoms with E-state index in [0.29, 0.717) is 0 Å². The normalized spacial score (nSPS) is 19.1. The first kappa shape index (κ1) is 21.3. The van der Waals surface area contributed by atoms with Gasteiger partial charge >= 0.3 is 6.18 Å². The molecule has 1 amide bonds. The third-order valence-corrected chi connectivity index (χ3v) is 4.10. The van der Waals surface area contributed by atoms with Crippen LogP contribution in [0.4, 0.5) is 22.0 Å². The van der Waals surface area contributed by atoms with E-state index in [2.05, 4.69) is 15.3 Å². The summed E-state index contributed by atoms with van der Waals surface area (Å²) in [4.78, 5) is 19.6. The monoisotopic (exact) mass is 397 g/mol. The van der Waals surface area contributed by atoms with E-state index in [1.807, 2.05) is 0 Å². The summed E-state index contributed by atoms with van der Waals surface area (Å²) in [7, 11) is 1.37. The fourth-order valence-electron chi connectivity index (χ4n) is 2.67. The van der Waals surface area contributed by atoms with Crippen LogP contribution in [0.1, 0.15) is 37.9 Å². The average molecular weight is 397 g/mol. The van der Waals surface area contributed by atoms with Gasteiger partial charge in [0.25, 0.3) is 0 Å². The van der Waals surface area contributed by atoms with E-state index in [9.17, 15) is 26.7 Å². The van der Waals surface area contributed by atoms with Crippen molar-refractivity contribution in [2.75, 3.05) is 13.7 Å². The Bertz CT molecular complexity index is 648. The Kier molecular flexibility index (Phi) is 6.55. The van der Waals surface area contributed by atoms with E-state index in [0.717, 1.165) is 13.3 Å². The van der Waals surface area contributed by atoms with Gasteiger partial charge in [-0.05, 0) is 12.8 Å². The Hall–Kier alpha value is -2.04. The number of rotatable bonds is 8. The first-order valence-corrected chi connectivity index (χ1v) is 8.21. The van der Waals surface area contributed by atoms with Gasteiger partial charge in [-0.3, -0.25) is 4.79 Å². The summed E-state index contributed by atoms with van der Waals surface area (Å²) in [5, 5.41) is 2.59. The summed E-state index contributed by atoms with van der Waals surface area (Å²) in [6, 6.07) is 0.388. The third kappa shape index (κ3) is 6.26. The number of methoxy groups -OCH3 is 1. The van der Waals surface area contributed by atoms with Crippen molar-refractivity contribution in [2.24, 2.45) is 5.92 Å². The molecule has 2 rings (SSSR count). The molecule has 2 atom stereocenters. The van der Waals surface area contributed by atoms with Gasteiger partial charge < -0.3 is 14.8 Å². The lowest BCUT2D eigenvalue weighted by Gasteiger charge is -2.34. The van der Waals surface area contributed by atoms with Crippen LogP contribution >= 0.6 is 0 Å². The molecule has 6 nitrogen and oxygen atoms in total. The zero-order valence-corrected chi connectivity index (χ0v) is 14.7. The van der Waals surface area contributed by atoms with Crippen LogP contribution in [-0.2, 0) is 9.53 Å². The first-order chi connectivity index (χ1) is 12.5. The summed E-state index contributed by atoms with van der Waals surface area (Å²) in [6.45, 7) is 0.822. The summed E-state index contributed by atoms with van der Waals surface area (Å²) >= 11 is 0. The van der Waals surface area contributed by atoms with Crippen LogP contribution in [0.15, 0.2) is 12.4 Å². The van der Waals surface area contributed by atoms with Crippen molar-refractivity contribution in [3.8, 4) is 5.88 Å². The second kappa shape index (κ2) is 8.32. The molecule has 1 fully saturated rings. The molecule has 0 bridgehead atoms. The molecule has 1 unspecified atom stereocenters. The second-order valence-corrected chi connectivity index (χ2v) is 6.49. The van der Waals surface area contributed by atoms with E-state index in [4.69, 9.17) is 9.47 Å². The van der Waals surface area contributed by atoms with Crippen LogP contribution in [0.2, 0.25) is 0 Å². The fourth-order valence-corrected chi connectivity index (χ4v) is 2.67. The lowest BCUT2D eigenvalue weighted by atomic mass is 9.79. The SMILES string of the molecule is COCC(NC(=O)CC1CC(F)(F)C1)c1cc(O[C@H](C)C(F)(F)F)ncn1. The van der Waals surface area contributed by atoms with Crippen molar-refractivity contribution in [1.82, 2.24) is 15.3 Å². The Labute approximate surface area is 152 Å². The average Bonchev–Trinajstić information content (AvgIpc) is 2.52. The first-order valence-electron chi connectivity index (χ1n) is 8.21. The molecule has 1 aromatic rings. The van der Waals surface area contributed by atoms with Crippen molar-refractivity contribution >= 4 is 5.91 Å². The Morgan fingerprint density at radius 2 is 2.04 bits per heavy atom. The van der Waals surface area contributed by atoms with Gasteiger partial charge in [0.05, 0.1) is 18.3 Å². The Morgan fingerprint density at radius 3 is 2.59 bits per heavy atom. The second-order valence-electron chi connectivity index (χ2n) is 6.49. The summed E-state index contributed by atoms with van der Waals surface area (Å²) in [6.07, 6.45) is -6.37. The summed E-state index contributed by atoms with van der Waals surface area (Å²) in [5.41, 5.74) is 0.184. The summed E-state index contributed by atoms with van der Waals surface area (Å²) in [5.74, 6) is -3.90. The van der Waals surface area contributed by atoms with Crippen LogP contribution in [0.5, 0.6) is 5.88 Å². The molecule has 0 aromatic carbocycles. The fraction of sp³-hybridized carbons (Fsp3) is 0.688. The number of hydrogen-bond donors (Lipinski definition) is 1. The zero-order valence-electron chi connectivity index (χ0n) is 14.7. The highest BCUT2D eigenvalue weighted by Crippen LogP contribution is 2.44. The van der Waals surface area contributed by atoms with Crippen LogP contribution in [0, 0.1) is 5.92 Å². The molecular formula is C16H20F5N3O3. The lowest BCUT2D eigenvalue weighted by molar-refractivity contribution is -0.190. The van der Waals surface area contributed by atoms with E-state index < -0.39 is 36.1 Å². The Morgan fingerprint density at radius 1 is 1.37 bits per heavy atom. The largest absolute Gasteiger partial charge is 0.465 e. The molecule has 1 saturated carbocycles. The molecular weight excluding hydrogens is 377 g/mol. The van der Waals surface area contributed by atoms with Gasteiger partial charge in [0, 0.05) is 32.4 Å². The molecule has 1 N–H and O–H groups in total. The van der Waals surface area contributed by atoms with E-state index >= 15 is 0 Å². The van der Waals surface area contributed by atoms with E-state index in [1.54, 1.807) is 0 Å². The number of hydrogen-bond acceptors (Lipinski definition) is 5. The number of ether oxygens (including phenoxy) is 2. The van der Waals surface area contributed by atoms with Crippen LogP contribution < -0.4 is 10.1 Å². The predicted molar refractivity (Wildman–Crippen MR) is 83.2 cm³/mol. The van der Waals surface area contributed by atoms with Gasteiger partial charge in [0.1, 0.15) is 6.33 Å². The Balaban J connectivity index is 2.01. The molecule has 0 spiro atoms. The summed E-state index contributed by atoms with van der Waals surface area (Å²) < 4.78 is 73.3. The van der Waals surface area contributed by atoms with Gasteiger partial charge in [0.2, 0.25) is 17.7 Å². The molecule has 27 heavy (non-hydrogen) atoms. The number of alkyl halides is 5. The van der Waals surface area contributed by atoms with Crippen molar-refractivity contribution in [1.29, 1.82) is 0 Å². The molecule has 1 aliphatic rings. The molecule has 0 saturated heterocycles. The lowest BCUT2D eigenvalue weighted by Crippen LogP contribution is -2.40. The number of amides is 1. The maximum atomic E-state index is 12.9. The van der Waals surface area contributed by atoms with Crippen molar-refractivity contribution in [3.05, 3.63) is 18.1 Å². The zero-order chi connectivity index (χ0) is 20.2. The van der Waals surface area contributed by atoms with Crippen LogP contribution in [-0.4, -0.2) is 47.8 Å². The number of halogens is 5. The number of carbonyl (C=O) groups is 1. The molecule has 152 valence electrons. The highest BCUT2D eigenvalue weighted by atomic mass is 19.4. The minimum absolute atomic E-state index is 0.0160. The highest BCUT2D eigenvalue weighted by Gasteiger charge is 2.45. The van der Waals surface area contributed by atoms with Crippen molar-refractivity contribution in [2.45, 2.75) is 50.4 Å². The minimum atomic E-state index is -4.56. The van der Waals surface area contributed by atoms with Gasteiger partial charge in [-0.25, -0.2) is 18.7 Å². The van der Waals surface area contributed by atoms with Gasteiger partial charge in [-0.2, -0.15) is 13.2 Å². The molecule has 1 aliphatic carbocycles.